The predicted octanol–water partition coefficient (Wildman–Crippen LogP) is 0.951. The molecule has 0 bridgehead atoms. The van der Waals surface area contributed by atoms with E-state index in [0.717, 1.165) is 6.07 Å². The highest BCUT2D eigenvalue weighted by molar-refractivity contribution is 6.18. The molecule has 0 saturated carbocycles. The van der Waals surface area contributed by atoms with Crippen LogP contribution >= 0.6 is 11.6 Å². The van der Waals surface area contributed by atoms with Gasteiger partial charge in [-0.1, -0.05) is 12.1 Å². The van der Waals surface area contributed by atoms with Crippen LogP contribution in [0, 0.1) is 5.82 Å². The van der Waals surface area contributed by atoms with Gasteiger partial charge < -0.3 is 15.3 Å². The largest absolute Gasteiger partial charge is 0.392 e. The second-order valence-corrected chi connectivity index (χ2v) is 3.49. The molecule has 3 nitrogen and oxygen atoms in total. The van der Waals surface area contributed by atoms with E-state index in [1.165, 1.54) is 12.1 Å². The smallest absolute Gasteiger partial charge is 0.129 e. The molecule has 1 aromatic rings. The SMILES string of the molecule is OCc1ccc(C(O)C(O)CCl)c(F)c1. The summed E-state index contributed by atoms with van der Waals surface area (Å²) in [5, 5.41) is 27.5. The maximum atomic E-state index is 13.4. The minimum Gasteiger partial charge on any atom is -0.392 e. The van der Waals surface area contributed by atoms with E-state index in [0.29, 0.717) is 5.56 Å². The summed E-state index contributed by atoms with van der Waals surface area (Å²) in [4.78, 5) is 0. The first-order chi connectivity index (χ1) is 7.10. The molecule has 0 aliphatic carbocycles. The molecule has 0 aromatic heterocycles. The molecule has 0 spiro atoms. The summed E-state index contributed by atoms with van der Waals surface area (Å²) in [5.41, 5.74) is 0.379. The third kappa shape index (κ3) is 2.89. The van der Waals surface area contributed by atoms with E-state index in [9.17, 15) is 14.6 Å². The van der Waals surface area contributed by atoms with Crippen LogP contribution in [0.5, 0.6) is 0 Å². The third-order valence-corrected chi connectivity index (χ3v) is 2.40. The van der Waals surface area contributed by atoms with Crippen LogP contribution in [-0.4, -0.2) is 27.3 Å². The maximum absolute atomic E-state index is 13.4. The average Bonchev–Trinajstić information content (AvgIpc) is 2.26. The molecule has 84 valence electrons. The highest BCUT2D eigenvalue weighted by Gasteiger charge is 2.20. The number of alkyl halides is 1. The zero-order chi connectivity index (χ0) is 11.4. The summed E-state index contributed by atoms with van der Waals surface area (Å²) in [5.74, 6) is -0.847. The first kappa shape index (κ1) is 12.4. The molecule has 2 atom stereocenters. The number of aliphatic hydroxyl groups excluding tert-OH is 3. The molecule has 5 heteroatoms. The van der Waals surface area contributed by atoms with Gasteiger partial charge in [0.25, 0.3) is 0 Å². The Labute approximate surface area is 91.7 Å². The van der Waals surface area contributed by atoms with Crippen molar-refractivity contribution >= 4 is 11.6 Å². The molecule has 0 saturated heterocycles. The Morgan fingerprint density at radius 2 is 2.00 bits per heavy atom. The summed E-state index contributed by atoms with van der Waals surface area (Å²) in [6.07, 6.45) is -2.56. The van der Waals surface area contributed by atoms with Crippen molar-refractivity contribution in [2.75, 3.05) is 5.88 Å². The first-order valence-electron chi connectivity index (χ1n) is 4.41. The van der Waals surface area contributed by atoms with Gasteiger partial charge in [-0.15, -0.1) is 11.6 Å². The molecule has 0 amide bonds. The van der Waals surface area contributed by atoms with Crippen molar-refractivity contribution in [1.82, 2.24) is 0 Å². The van der Waals surface area contributed by atoms with Gasteiger partial charge in [-0.05, 0) is 11.6 Å². The molecule has 0 fully saturated rings. The highest BCUT2D eigenvalue weighted by atomic mass is 35.5. The minimum atomic E-state index is -1.35. The predicted molar refractivity (Wildman–Crippen MR) is 54.0 cm³/mol. The maximum Gasteiger partial charge on any atom is 0.129 e. The number of aliphatic hydroxyl groups is 3. The van der Waals surface area contributed by atoms with Gasteiger partial charge in [0.05, 0.1) is 18.6 Å². The summed E-state index contributed by atoms with van der Waals surface area (Å²) in [7, 11) is 0. The van der Waals surface area contributed by atoms with Crippen LogP contribution in [0.25, 0.3) is 0 Å². The normalized spacial score (nSPS) is 15.0. The van der Waals surface area contributed by atoms with E-state index in [4.69, 9.17) is 16.7 Å². The van der Waals surface area contributed by atoms with Gasteiger partial charge in [-0.3, -0.25) is 0 Å². The molecule has 0 radical (unpaired) electrons. The molecule has 15 heavy (non-hydrogen) atoms. The number of rotatable bonds is 4. The fraction of sp³-hybridized carbons (Fsp3) is 0.400. The van der Waals surface area contributed by atoms with Crippen LogP contribution < -0.4 is 0 Å². The standard InChI is InChI=1S/C10H12ClFO3/c11-4-9(14)10(15)7-2-1-6(5-13)3-8(7)12/h1-3,9-10,13-15H,4-5H2. The van der Waals surface area contributed by atoms with Gasteiger partial charge in [0, 0.05) is 5.56 Å². The van der Waals surface area contributed by atoms with Gasteiger partial charge in [-0.25, -0.2) is 4.39 Å². The van der Waals surface area contributed by atoms with Gasteiger partial charge in [-0.2, -0.15) is 0 Å². The first-order valence-corrected chi connectivity index (χ1v) is 4.95. The quantitative estimate of drug-likeness (QED) is 0.680. The molecule has 3 N–H and O–H groups in total. The molecular formula is C10H12ClFO3. The molecule has 0 aliphatic heterocycles. The Morgan fingerprint density at radius 3 is 2.47 bits per heavy atom. The summed E-state index contributed by atoms with van der Waals surface area (Å²) in [6.45, 7) is -0.272. The van der Waals surface area contributed by atoms with Crippen molar-refractivity contribution in [2.45, 2.75) is 18.8 Å². The van der Waals surface area contributed by atoms with E-state index >= 15 is 0 Å². The third-order valence-electron chi connectivity index (χ3n) is 2.09. The van der Waals surface area contributed by atoms with Crippen molar-refractivity contribution in [1.29, 1.82) is 0 Å². The summed E-state index contributed by atoms with van der Waals surface area (Å²) < 4.78 is 13.4. The van der Waals surface area contributed by atoms with Crippen molar-refractivity contribution in [3.63, 3.8) is 0 Å². The summed E-state index contributed by atoms with van der Waals surface area (Å²) in [6, 6.07) is 3.91. The topological polar surface area (TPSA) is 60.7 Å². The van der Waals surface area contributed by atoms with Crippen LogP contribution in [-0.2, 0) is 6.61 Å². The van der Waals surface area contributed by atoms with Gasteiger partial charge >= 0.3 is 0 Å². The average molecular weight is 235 g/mol. The number of hydrogen-bond acceptors (Lipinski definition) is 3. The Balaban J connectivity index is 2.95. The Hall–Kier alpha value is -0.680. The number of benzene rings is 1. The van der Waals surface area contributed by atoms with Crippen LogP contribution in [0.15, 0.2) is 18.2 Å². The summed E-state index contributed by atoms with van der Waals surface area (Å²) >= 11 is 5.34. The fourth-order valence-electron chi connectivity index (χ4n) is 1.20. The van der Waals surface area contributed by atoms with E-state index in [1.54, 1.807) is 0 Å². The zero-order valence-electron chi connectivity index (χ0n) is 7.90. The number of hydrogen-bond donors (Lipinski definition) is 3. The molecule has 0 aliphatic rings. The lowest BCUT2D eigenvalue weighted by Crippen LogP contribution is -2.20. The van der Waals surface area contributed by atoms with Crippen molar-refractivity contribution in [2.24, 2.45) is 0 Å². The number of halogens is 2. The minimum absolute atomic E-state index is 0.0275. The van der Waals surface area contributed by atoms with Crippen LogP contribution in [0.3, 0.4) is 0 Å². The van der Waals surface area contributed by atoms with Gasteiger partial charge in [0.1, 0.15) is 11.9 Å². The molecule has 2 unspecified atom stereocenters. The zero-order valence-corrected chi connectivity index (χ0v) is 8.65. The monoisotopic (exact) mass is 234 g/mol. The lowest BCUT2D eigenvalue weighted by atomic mass is 10.0. The second kappa shape index (κ2) is 5.42. The van der Waals surface area contributed by atoms with Crippen LogP contribution in [0.2, 0.25) is 0 Å². The van der Waals surface area contributed by atoms with E-state index in [-0.39, 0.29) is 18.1 Å². The van der Waals surface area contributed by atoms with Gasteiger partial charge in [0.15, 0.2) is 0 Å². The molecular weight excluding hydrogens is 223 g/mol. The van der Waals surface area contributed by atoms with Crippen molar-refractivity contribution in [3.8, 4) is 0 Å². The van der Waals surface area contributed by atoms with Crippen LogP contribution in [0.1, 0.15) is 17.2 Å². The molecule has 0 heterocycles. The Morgan fingerprint density at radius 1 is 1.33 bits per heavy atom. The second-order valence-electron chi connectivity index (χ2n) is 3.18. The van der Waals surface area contributed by atoms with Gasteiger partial charge in [0.2, 0.25) is 0 Å². The Kier molecular flexibility index (Phi) is 4.47. The van der Waals surface area contributed by atoms with E-state index in [1.807, 2.05) is 0 Å². The fourth-order valence-corrected chi connectivity index (χ4v) is 1.37. The van der Waals surface area contributed by atoms with Crippen molar-refractivity contribution in [3.05, 3.63) is 35.1 Å². The van der Waals surface area contributed by atoms with Crippen LogP contribution in [0.4, 0.5) is 4.39 Å². The van der Waals surface area contributed by atoms with E-state index < -0.39 is 18.0 Å². The molecule has 1 rings (SSSR count). The van der Waals surface area contributed by atoms with E-state index in [2.05, 4.69) is 0 Å². The lowest BCUT2D eigenvalue weighted by Gasteiger charge is -2.16. The Bertz CT molecular complexity index is 332. The molecule has 1 aromatic carbocycles. The van der Waals surface area contributed by atoms with Crippen molar-refractivity contribution < 1.29 is 19.7 Å². The highest BCUT2D eigenvalue weighted by Crippen LogP contribution is 2.22. The lowest BCUT2D eigenvalue weighted by molar-refractivity contribution is 0.0304.